The number of benzene rings is 1. The highest BCUT2D eigenvalue weighted by molar-refractivity contribution is 6.02. The molecule has 0 unspecified atom stereocenters. The van der Waals surface area contributed by atoms with Gasteiger partial charge < -0.3 is 10.4 Å². The van der Waals surface area contributed by atoms with Crippen molar-refractivity contribution in [2.75, 3.05) is 11.9 Å². The molecule has 0 spiro atoms. The number of nitrogens with one attached hydrogen (secondary N) is 1. The highest BCUT2D eigenvalue weighted by atomic mass is 16.4. The van der Waals surface area contributed by atoms with E-state index in [2.05, 4.69) is 22.1 Å². The van der Waals surface area contributed by atoms with Gasteiger partial charge in [-0.3, -0.25) is 0 Å². The van der Waals surface area contributed by atoms with Crippen LogP contribution in [0.2, 0.25) is 0 Å². The largest absolute Gasteiger partial charge is 0.478 e. The number of aromatic nitrogens is 1. The fraction of sp³-hybridized carbons (Fsp3) is 0.200. The van der Waals surface area contributed by atoms with Gasteiger partial charge in [0.05, 0.1) is 11.1 Å². The Morgan fingerprint density at radius 3 is 2.95 bits per heavy atom. The van der Waals surface area contributed by atoms with Gasteiger partial charge in [0.2, 0.25) is 0 Å². The van der Waals surface area contributed by atoms with E-state index in [0.29, 0.717) is 10.9 Å². The normalized spacial score (nSPS) is 9.74. The monoisotopic (exact) mass is 254 g/mol. The molecule has 0 atom stereocenters. The van der Waals surface area contributed by atoms with Crippen LogP contribution in [0.3, 0.4) is 0 Å². The minimum Gasteiger partial charge on any atom is -0.478 e. The maximum Gasteiger partial charge on any atom is 0.336 e. The molecule has 0 fully saturated rings. The van der Waals surface area contributed by atoms with Crippen molar-refractivity contribution in [3.63, 3.8) is 0 Å². The van der Waals surface area contributed by atoms with E-state index in [1.54, 1.807) is 30.3 Å². The Bertz CT molecular complexity index is 669. The molecule has 1 heterocycles. The average Bonchev–Trinajstić information content (AvgIpc) is 2.42. The molecule has 4 heteroatoms. The second-order valence-electron chi connectivity index (χ2n) is 3.98. The highest BCUT2D eigenvalue weighted by Gasteiger charge is 2.08. The van der Waals surface area contributed by atoms with Crippen molar-refractivity contribution in [2.45, 2.75) is 13.3 Å². The van der Waals surface area contributed by atoms with Crippen LogP contribution in [0.15, 0.2) is 30.3 Å². The summed E-state index contributed by atoms with van der Waals surface area (Å²) in [5.41, 5.74) is 0.944. The number of carbonyl (C=O) groups is 1. The van der Waals surface area contributed by atoms with E-state index < -0.39 is 5.97 Å². The Kier molecular flexibility index (Phi) is 3.99. The molecule has 0 aliphatic carbocycles. The molecule has 0 aliphatic rings. The van der Waals surface area contributed by atoms with E-state index in [-0.39, 0.29) is 5.56 Å². The molecule has 2 N–H and O–H groups in total. The van der Waals surface area contributed by atoms with Crippen molar-refractivity contribution in [2.24, 2.45) is 0 Å². The van der Waals surface area contributed by atoms with Gasteiger partial charge in [0.1, 0.15) is 5.82 Å². The van der Waals surface area contributed by atoms with Crippen LogP contribution in [0.1, 0.15) is 23.7 Å². The summed E-state index contributed by atoms with van der Waals surface area (Å²) < 4.78 is 0. The SMILES string of the molecule is CC#CCCNc1ccc2c(C(=O)O)cccc2n1. The van der Waals surface area contributed by atoms with E-state index in [1.807, 2.05) is 6.92 Å². The molecule has 96 valence electrons. The first kappa shape index (κ1) is 12.9. The van der Waals surface area contributed by atoms with Gasteiger partial charge in [-0.15, -0.1) is 11.8 Å². The van der Waals surface area contributed by atoms with Crippen LogP contribution >= 0.6 is 0 Å². The summed E-state index contributed by atoms with van der Waals surface area (Å²) in [5.74, 6) is 5.58. The summed E-state index contributed by atoms with van der Waals surface area (Å²) in [6.45, 7) is 2.53. The predicted octanol–water partition coefficient (Wildman–Crippen LogP) is 2.76. The number of aromatic carboxylic acids is 1. The first-order valence-corrected chi connectivity index (χ1v) is 5.99. The number of nitrogens with zero attached hydrogens (tertiary/aromatic N) is 1. The lowest BCUT2D eigenvalue weighted by Crippen LogP contribution is -2.03. The fourth-order valence-electron chi connectivity index (χ4n) is 1.82. The zero-order valence-electron chi connectivity index (χ0n) is 10.6. The van der Waals surface area contributed by atoms with Gasteiger partial charge in [0.25, 0.3) is 0 Å². The number of fused-ring (bicyclic) bond motifs is 1. The molecule has 0 saturated carbocycles. The maximum atomic E-state index is 11.1. The third-order valence-corrected chi connectivity index (χ3v) is 2.70. The average molecular weight is 254 g/mol. The van der Waals surface area contributed by atoms with Crippen LogP contribution in [-0.2, 0) is 0 Å². The molecule has 0 aliphatic heterocycles. The maximum absolute atomic E-state index is 11.1. The molecule has 2 aromatic rings. The first-order valence-electron chi connectivity index (χ1n) is 5.99. The van der Waals surface area contributed by atoms with E-state index in [9.17, 15) is 4.79 Å². The van der Waals surface area contributed by atoms with Crippen molar-refractivity contribution in [3.8, 4) is 11.8 Å². The molecule has 1 aromatic heterocycles. The lowest BCUT2D eigenvalue weighted by atomic mass is 10.1. The second kappa shape index (κ2) is 5.87. The smallest absolute Gasteiger partial charge is 0.336 e. The van der Waals surface area contributed by atoms with E-state index in [0.717, 1.165) is 18.8 Å². The summed E-state index contributed by atoms with van der Waals surface area (Å²) in [6.07, 6.45) is 0.755. The zero-order valence-corrected chi connectivity index (χ0v) is 10.6. The van der Waals surface area contributed by atoms with Crippen LogP contribution in [-0.4, -0.2) is 22.6 Å². The van der Waals surface area contributed by atoms with Crippen LogP contribution < -0.4 is 5.32 Å². The van der Waals surface area contributed by atoms with E-state index >= 15 is 0 Å². The molecule has 0 amide bonds. The number of carboxylic acids is 1. The lowest BCUT2D eigenvalue weighted by Gasteiger charge is -2.06. The van der Waals surface area contributed by atoms with Gasteiger partial charge >= 0.3 is 5.97 Å². The van der Waals surface area contributed by atoms with Crippen molar-refractivity contribution < 1.29 is 9.90 Å². The van der Waals surface area contributed by atoms with Crippen LogP contribution in [0.4, 0.5) is 5.82 Å². The molecule has 19 heavy (non-hydrogen) atoms. The number of hydrogen-bond donors (Lipinski definition) is 2. The van der Waals surface area contributed by atoms with Crippen molar-refractivity contribution in [3.05, 3.63) is 35.9 Å². The zero-order chi connectivity index (χ0) is 13.7. The summed E-state index contributed by atoms with van der Waals surface area (Å²) in [7, 11) is 0. The van der Waals surface area contributed by atoms with Crippen molar-refractivity contribution in [1.82, 2.24) is 4.98 Å². The standard InChI is InChI=1S/C15H14N2O2/c1-2-3-4-10-16-14-9-8-11-12(15(18)19)6-5-7-13(11)17-14/h5-9H,4,10H2,1H3,(H,16,17)(H,18,19). The Morgan fingerprint density at radius 2 is 2.21 bits per heavy atom. The topological polar surface area (TPSA) is 62.2 Å². The Labute approximate surface area is 111 Å². The van der Waals surface area contributed by atoms with Crippen LogP contribution in [0, 0.1) is 11.8 Å². The van der Waals surface area contributed by atoms with E-state index in [1.165, 1.54) is 0 Å². The number of pyridine rings is 1. The predicted molar refractivity (Wildman–Crippen MR) is 75.3 cm³/mol. The highest BCUT2D eigenvalue weighted by Crippen LogP contribution is 2.19. The number of hydrogen-bond acceptors (Lipinski definition) is 3. The molecule has 0 bridgehead atoms. The molecule has 1 aromatic carbocycles. The summed E-state index contributed by atoms with van der Waals surface area (Å²) >= 11 is 0. The fourth-order valence-corrected chi connectivity index (χ4v) is 1.82. The lowest BCUT2D eigenvalue weighted by molar-refractivity contribution is 0.0699. The first-order chi connectivity index (χ1) is 9.22. The van der Waals surface area contributed by atoms with Crippen LogP contribution in [0.25, 0.3) is 10.9 Å². The summed E-state index contributed by atoms with van der Waals surface area (Å²) in [6, 6.07) is 8.65. The minimum absolute atomic E-state index is 0.272. The molecule has 0 saturated heterocycles. The van der Waals surface area contributed by atoms with Gasteiger partial charge in [-0.1, -0.05) is 6.07 Å². The van der Waals surface area contributed by atoms with Gasteiger partial charge in [-0.25, -0.2) is 9.78 Å². The van der Waals surface area contributed by atoms with Gasteiger partial charge in [0.15, 0.2) is 0 Å². The molecular formula is C15H14N2O2. The van der Waals surface area contributed by atoms with Gasteiger partial charge in [0, 0.05) is 18.4 Å². The number of carboxylic acid groups (broad SMARTS) is 1. The number of anilines is 1. The van der Waals surface area contributed by atoms with Crippen LogP contribution in [0.5, 0.6) is 0 Å². The van der Waals surface area contributed by atoms with Crippen molar-refractivity contribution >= 4 is 22.7 Å². The number of rotatable bonds is 4. The summed E-state index contributed by atoms with van der Waals surface area (Å²) in [4.78, 5) is 15.5. The van der Waals surface area contributed by atoms with Crippen molar-refractivity contribution in [1.29, 1.82) is 0 Å². The Balaban J connectivity index is 2.25. The molecule has 0 radical (unpaired) electrons. The second-order valence-corrected chi connectivity index (χ2v) is 3.98. The molecule has 2 rings (SSSR count). The molecule has 4 nitrogen and oxygen atoms in total. The minimum atomic E-state index is -0.939. The Morgan fingerprint density at radius 1 is 1.37 bits per heavy atom. The Hall–Kier alpha value is -2.54. The summed E-state index contributed by atoms with van der Waals surface area (Å²) in [5, 5.41) is 12.9. The van der Waals surface area contributed by atoms with Gasteiger partial charge in [-0.2, -0.15) is 0 Å². The quantitative estimate of drug-likeness (QED) is 0.650. The van der Waals surface area contributed by atoms with E-state index in [4.69, 9.17) is 5.11 Å². The van der Waals surface area contributed by atoms with Gasteiger partial charge in [-0.05, 0) is 31.2 Å². The third kappa shape index (κ3) is 3.02. The molecular weight excluding hydrogens is 240 g/mol. The third-order valence-electron chi connectivity index (χ3n) is 2.70.